The molecule has 2 nitrogen and oxygen atoms in total. The van der Waals surface area contributed by atoms with Gasteiger partial charge in [0.25, 0.3) is 0 Å². The fraction of sp³-hybridized carbons (Fsp3) is 1.00. The molecule has 0 saturated carbocycles. The molecule has 84 valence electrons. The molecular weight excluding hydrogens is 172 g/mol. The Labute approximate surface area is 89.3 Å². The van der Waals surface area contributed by atoms with Gasteiger partial charge in [-0.25, -0.2) is 0 Å². The number of hydrogen-bond donors (Lipinski definition) is 0. The van der Waals surface area contributed by atoms with Crippen LogP contribution in [0.2, 0.25) is 0 Å². The molecular formula is C12H26N2. The van der Waals surface area contributed by atoms with Crippen molar-refractivity contribution in [2.45, 2.75) is 33.6 Å². The second-order valence-electron chi connectivity index (χ2n) is 4.89. The van der Waals surface area contributed by atoms with E-state index >= 15 is 0 Å². The first-order chi connectivity index (χ1) is 6.72. The van der Waals surface area contributed by atoms with Crippen molar-refractivity contribution in [3.05, 3.63) is 0 Å². The van der Waals surface area contributed by atoms with Gasteiger partial charge in [0.1, 0.15) is 0 Å². The molecule has 1 aliphatic rings. The minimum absolute atomic E-state index is 0.817. The smallest absolute Gasteiger partial charge is 0.0110 e. The maximum Gasteiger partial charge on any atom is 0.0110 e. The second-order valence-corrected chi connectivity index (χ2v) is 4.89. The van der Waals surface area contributed by atoms with Gasteiger partial charge in [-0.3, -0.25) is 0 Å². The van der Waals surface area contributed by atoms with Crippen LogP contribution in [0.15, 0.2) is 0 Å². The first-order valence-electron chi connectivity index (χ1n) is 6.17. The predicted octanol–water partition coefficient (Wildman–Crippen LogP) is 2.06. The van der Waals surface area contributed by atoms with E-state index in [1.165, 1.54) is 52.1 Å². The van der Waals surface area contributed by atoms with Crippen molar-refractivity contribution in [3.63, 3.8) is 0 Å². The molecule has 0 atom stereocenters. The van der Waals surface area contributed by atoms with Gasteiger partial charge in [-0.1, -0.05) is 27.2 Å². The van der Waals surface area contributed by atoms with Gasteiger partial charge in [0, 0.05) is 32.7 Å². The van der Waals surface area contributed by atoms with Gasteiger partial charge in [-0.2, -0.15) is 0 Å². The maximum atomic E-state index is 2.61. The summed E-state index contributed by atoms with van der Waals surface area (Å²) in [6.45, 7) is 14.6. The third kappa shape index (κ3) is 4.43. The zero-order valence-electron chi connectivity index (χ0n) is 10.1. The average molecular weight is 198 g/mol. The summed E-state index contributed by atoms with van der Waals surface area (Å²) in [5.74, 6) is 0.817. The molecule has 14 heavy (non-hydrogen) atoms. The molecule has 0 bridgehead atoms. The molecule has 1 heterocycles. The van der Waals surface area contributed by atoms with Gasteiger partial charge < -0.3 is 9.80 Å². The molecule has 1 aliphatic heterocycles. The number of hydrogen-bond acceptors (Lipinski definition) is 2. The lowest BCUT2D eigenvalue weighted by atomic mass is 10.2. The van der Waals surface area contributed by atoms with E-state index in [9.17, 15) is 0 Å². The fourth-order valence-electron chi connectivity index (χ4n) is 2.09. The van der Waals surface area contributed by atoms with Crippen LogP contribution in [0.3, 0.4) is 0 Å². The lowest BCUT2D eigenvalue weighted by Crippen LogP contribution is -2.47. The van der Waals surface area contributed by atoms with Crippen molar-refractivity contribution >= 4 is 0 Å². The van der Waals surface area contributed by atoms with Gasteiger partial charge in [0.2, 0.25) is 0 Å². The third-order valence-corrected chi connectivity index (χ3v) is 2.92. The molecule has 0 aromatic carbocycles. The largest absolute Gasteiger partial charge is 0.301 e. The van der Waals surface area contributed by atoms with Crippen LogP contribution in [-0.4, -0.2) is 49.1 Å². The molecule has 0 unspecified atom stereocenters. The van der Waals surface area contributed by atoms with Crippen LogP contribution >= 0.6 is 0 Å². The lowest BCUT2D eigenvalue weighted by Gasteiger charge is -2.35. The van der Waals surface area contributed by atoms with E-state index in [4.69, 9.17) is 0 Å². The van der Waals surface area contributed by atoms with E-state index in [2.05, 4.69) is 30.6 Å². The van der Waals surface area contributed by atoms with E-state index in [0.717, 1.165) is 5.92 Å². The summed E-state index contributed by atoms with van der Waals surface area (Å²) in [7, 11) is 0. The standard InChI is InChI=1S/C12H26N2/c1-4-5-6-13-7-9-14(10-8-13)11-12(2)3/h12H,4-11H2,1-3H3. The Hall–Kier alpha value is -0.0800. The molecule has 0 radical (unpaired) electrons. The van der Waals surface area contributed by atoms with E-state index in [1.54, 1.807) is 0 Å². The highest BCUT2D eigenvalue weighted by molar-refractivity contribution is 4.72. The summed E-state index contributed by atoms with van der Waals surface area (Å²) in [5, 5.41) is 0. The lowest BCUT2D eigenvalue weighted by molar-refractivity contribution is 0.121. The van der Waals surface area contributed by atoms with Gasteiger partial charge >= 0.3 is 0 Å². The highest BCUT2D eigenvalue weighted by atomic mass is 15.3. The summed E-state index contributed by atoms with van der Waals surface area (Å²) in [5.41, 5.74) is 0. The molecule has 2 heteroatoms. The van der Waals surface area contributed by atoms with Crippen LogP contribution in [0.25, 0.3) is 0 Å². The number of nitrogens with zero attached hydrogens (tertiary/aromatic N) is 2. The SMILES string of the molecule is CCCCN1CCN(CC(C)C)CC1. The van der Waals surface area contributed by atoms with E-state index < -0.39 is 0 Å². The Morgan fingerprint density at radius 2 is 1.57 bits per heavy atom. The molecule has 1 fully saturated rings. The fourth-order valence-corrected chi connectivity index (χ4v) is 2.09. The maximum absolute atomic E-state index is 2.61. The van der Waals surface area contributed by atoms with Crippen LogP contribution in [-0.2, 0) is 0 Å². The van der Waals surface area contributed by atoms with Gasteiger partial charge in [-0.05, 0) is 18.9 Å². The highest BCUT2D eigenvalue weighted by Crippen LogP contribution is 2.05. The molecule has 0 aromatic heterocycles. The zero-order chi connectivity index (χ0) is 10.4. The minimum Gasteiger partial charge on any atom is -0.301 e. The monoisotopic (exact) mass is 198 g/mol. The van der Waals surface area contributed by atoms with Crippen molar-refractivity contribution < 1.29 is 0 Å². The van der Waals surface area contributed by atoms with E-state index in [1.807, 2.05) is 0 Å². The quantitative estimate of drug-likeness (QED) is 0.667. The van der Waals surface area contributed by atoms with Crippen molar-refractivity contribution in [1.82, 2.24) is 9.80 Å². The number of piperazine rings is 1. The molecule has 0 aromatic rings. The summed E-state index contributed by atoms with van der Waals surface area (Å²) < 4.78 is 0. The molecule has 0 N–H and O–H groups in total. The summed E-state index contributed by atoms with van der Waals surface area (Å²) in [6.07, 6.45) is 2.69. The van der Waals surface area contributed by atoms with Crippen LogP contribution in [0.4, 0.5) is 0 Å². The Morgan fingerprint density at radius 3 is 2.07 bits per heavy atom. The summed E-state index contributed by atoms with van der Waals surface area (Å²) in [4.78, 5) is 5.22. The Bertz CT molecular complexity index is 137. The normalized spacial score (nSPS) is 20.6. The van der Waals surface area contributed by atoms with Crippen molar-refractivity contribution in [1.29, 1.82) is 0 Å². The second kappa shape index (κ2) is 6.41. The van der Waals surface area contributed by atoms with E-state index in [-0.39, 0.29) is 0 Å². The first-order valence-corrected chi connectivity index (χ1v) is 6.17. The van der Waals surface area contributed by atoms with E-state index in [0.29, 0.717) is 0 Å². The molecule has 0 aliphatic carbocycles. The Balaban J connectivity index is 2.11. The Morgan fingerprint density at radius 1 is 1.00 bits per heavy atom. The van der Waals surface area contributed by atoms with Crippen LogP contribution in [0.5, 0.6) is 0 Å². The van der Waals surface area contributed by atoms with Gasteiger partial charge in [0.15, 0.2) is 0 Å². The molecule has 0 amide bonds. The minimum atomic E-state index is 0.817. The van der Waals surface area contributed by atoms with Crippen molar-refractivity contribution in [3.8, 4) is 0 Å². The van der Waals surface area contributed by atoms with Crippen LogP contribution < -0.4 is 0 Å². The third-order valence-electron chi connectivity index (χ3n) is 2.92. The average Bonchev–Trinajstić information content (AvgIpc) is 2.16. The molecule has 0 spiro atoms. The number of rotatable bonds is 5. The van der Waals surface area contributed by atoms with Crippen molar-refractivity contribution in [2.24, 2.45) is 5.92 Å². The highest BCUT2D eigenvalue weighted by Gasteiger charge is 2.16. The van der Waals surface area contributed by atoms with Crippen LogP contribution in [0, 0.1) is 5.92 Å². The van der Waals surface area contributed by atoms with Gasteiger partial charge in [0.05, 0.1) is 0 Å². The summed E-state index contributed by atoms with van der Waals surface area (Å²) in [6, 6.07) is 0. The number of unbranched alkanes of at least 4 members (excludes halogenated alkanes) is 1. The van der Waals surface area contributed by atoms with Crippen LogP contribution in [0.1, 0.15) is 33.6 Å². The van der Waals surface area contributed by atoms with Gasteiger partial charge in [-0.15, -0.1) is 0 Å². The molecule has 1 rings (SSSR count). The predicted molar refractivity (Wildman–Crippen MR) is 62.6 cm³/mol. The topological polar surface area (TPSA) is 6.48 Å². The summed E-state index contributed by atoms with van der Waals surface area (Å²) >= 11 is 0. The Kier molecular flexibility index (Phi) is 5.49. The van der Waals surface area contributed by atoms with Crippen molar-refractivity contribution in [2.75, 3.05) is 39.3 Å². The molecule has 1 saturated heterocycles. The first kappa shape index (κ1) is 12.0. The zero-order valence-corrected chi connectivity index (χ0v) is 10.1.